The van der Waals surface area contributed by atoms with E-state index in [0.29, 0.717) is 13.0 Å². The third-order valence-corrected chi connectivity index (χ3v) is 1.81. The van der Waals surface area contributed by atoms with Crippen LogP contribution in [-0.4, -0.2) is 35.8 Å². The molecule has 0 aromatic heterocycles. The number of nitrogens with zero attached hydrogens (tertiary/aromatic N) is 1. The van der Waals surface area contributed by atoms with E-state index in [4.69, 9.17) is 5.02 Å². The highest BCUT2D eigenvalue weighted by Gasteiger charge is 2.22. The van der Waals surface area contributed by atoms with Crippen molar-refractivity contribution in [2.75, 3.05) is 13.1 Å². The van der Waals surface area contributed by atoms with Crippen molar-refractivity contribution in [3.63, 3.8) is 0 Å². The van der Waals surface area contributed by atoms with E-state index in [1.165, 1.54) is 0 Å². The van der Waals surface area contributed by atoms with Crippen molar-refractivity contribution in [1.29, 1.82) is 0 Å². The van der Waals surface area contributed by atoms with Crippen molar-refractivity contribution in [1.82, 2.24) is 4.81 Å². The van der Waals surface area contributed by atoms with Crippen LogP contribution in [0.25, 0.3) is 0 Å². The number of carbonyl (C=O) groups is 1. The highest BCUT2D eigenvalue weighted by atomic mass is 16.2. The van der Waals surface area contributed by atoms with Gasteiger partial charge in [0.2, 0.25) is 0 Å². The van der Waals surface area contributed by atoms with Crippen LogP contribution in [-0.2, 0) is 4.79 Å². The Morgan fingerprint density at radius 1 is 1.70 bits per heavy atom. The molecule has 0 bridgehead atoms. The molecule has 1 fully saturated rings. The van der Waals surface area contributed by atoms with E-state index in [2.05, 4.69) is 0 Å². The van der Waals surface area contributed by atoms with E-state index in [0.717, 1.165) is 13.0 Å². The summed E-state index contributed by atoms with van der Waals surface area (Å²) in [5.41, 5.74) is 0. The fourth-order valence-electron chi connectivity index (χ4n) is 1.18. The lowest BCUT2D eigenvalue weighted by atomic mass is 9.83. The van der Waals surface area contributed by atoms with Crippen LogP contribution in [0.2, 0.25) is 6.82 Å². The van der Waals surface area contributed by atoms with Gasteiger partial charge in [-0.15, -0.1) is 0 Å². The molecule has 3 nitrogen and oxygen atoms in total. The van der Waals surface area contributed by atoms with Gasteiger partial charge in [0.05, 0.1) is 0 Å². The summed E-state index contributed by atoms with van der Waals surface area (Å²) < 4.78 is 0. The Balaban J connectivity index is 2.39. The van der Waals surface area contributed by atoms with E-state index in [-0.39, 0.29) is 5.78 Å². The van der Waals surface area contributed by atoms with Gasteiger partial charge in [-0.2, -0.15) is 0 Å². The second-order valence-corrected chi connectivity index (χ2v) is 2.74. The van der Waals surface area contributed by atoms with Gasteiger partial charge in [-0.25, -0.2) is 0 Å². The number of rotatable bonds is 1. The minimum atomic E-state index is -0.468. The lowest BCUT2D eigenvalue weighted by Crippen LogP contribution is -2.44. The van der Waals surface area contributed by atoms with E-state index in [9.17, 15) is 4.79 Å². The predicted molar refractivity (Wildman–Crippen MR) is 39.7 cm³/mol. The molecule has 1 aliphatic rings. The fourth-order valence-corrected chi connectivity index (χ4v) is 1.18. The van der Waals surface area contributed by atoms with Crippen molar-refractivity contribution >= 4 is 12.8 Å². The van der Waals surface area contributed by atoms with Crippen LogP contribution in [0.1, 0.15) is 12.8 Å². The summed E-state index contributed by atoms with van der Waals surface area (Å²) in [4.78, 5) is 12.6. The molecular weight excluding hydrogens is 129 g/mol. The first kappa shape index (κ1) is 7.76. The molecule has 0 aliphatic carbocycles. The Kier molecular flexibility index (Phi) is 2.46. The lowest BCUT2D eigenvalue weighted by molar-refractivity contribution is -0.120. The van der Waals surface area contributed by atoms with Crippen molar-refractivity contribution in [2.24, 2.45) is 0 Å². The molecule has 1 aliphatic heterocycles. The molecule has 0 atom stereocenters. The van der Waals surface area contributed by atoms with Crippen LogP contribution in [0.5, 0.6) is 0 Å². The summed E-state index contributed by atoms with van der Waals surface area (Å²) >= 11 is 0. The summed E-state index contributed by atoms with van der Waals surface area (Å²) in [6.45, 7) is 2.97. The number of carbonyl (C=O) groups excluding carboxylic acids is 1. The van der Waals surface area contributed by atoms with Crippen molar-refractivity contribution in [3.05, 3.63) is 0 Å². The minimum absolute atomic E-state index is 0.243. The molecule has 0 unspecified atom stereocenters. The maximum absolute atomic E-state index is 10.8. The number of Topliss-reactive ketones (excluding diaryl/α,β-unsaturated/α-hetero) is 1. The zero-order valence-corrected chi connectivity index (χ0v) is 6.21. The van der Waals surface area contributed by atoms with E-state index in [1.807, 2.05) is 0 Å². The molecule has 1 rings (SSSR count). The largest absolute Gasteiger partial charge is 0.437 e. The topological polar surface area (TPSA) is 40.5 Å². The first-order valence-electron chi connectivity index (χ1n) is 3.64. The number of hydrogen-bond donors (Lipinski definition) is 1. The van der Waals surface area contributed by atoms with Crippen LogP contribution >= 0.6 is 0 Å². The molecule has 1 heterocycles. The average Bonchev–Trinajstić information content (AvgIpc) is 1.88. The van der Waals surface area contributed by atoms with Crippen molar-refractivity contribution in [3.8, 4) is 0 Å². The van der Waals surface area contributed by atoms with Gasteiger partial charge in [0.15, 0.2) is 0 Å². The molecule has 0 spiro atoms. The average molecular weight is 141 g/mol. The number of piperidine rings is 1. The first-order chi connectivity index (χ1) is 4.70. The van der Waals surface area contributed by atoms with E-state index >= 15 is 0 Å². The Hall–Kier alpha value is -0.345. The molecule has 0 radical (unpaired) electrons. The molecular formula is C6H12BNO2. The van der Waals surface area contributed by atoms with Crippen LogP contribution < -0.4 is 0 Å². The van der Waals surface area contributed by atoms with Crippen molar-refractivity contribution in [2.45, 2.75) is 19.7 Å². The summed E-state index contributed by atoms with van der Waals surface area (Å²) in [7, 11) is -0.468. The molecule has 0 amide bonds. The second kappa shape index (κ2) is 3.17. The second-order valence-electron chi connectivity index (χ2n) is 2.74. The Morgan fingerprint density at radius 3 is 2.80 bits per heavy atom. The summed E-state index contributed by atoms with van der Waals surface area (Å²) in [6, 6.07) is 0. The van der Waals surface area contributed by atoms with E-state index < -0.39 is 7.05 Å². The molecule has 4 heteroatoms. The predicted octanol–water partition coefficient (Wildman–Crippen LogP) is -0.238. The Bertz CT molecular complexity index is 138. The van der Waals surface area contributed by atoms with Crippen molar-refractivity contribution < 1.29 is 9.82 Å². The van der Waals surface area contributed by atoms with Gasteiger partial charge in [-0.3, -0.25) is 4.79 Å². The third kappa shape index (κ3) is 1.82. The number of ketones is 1. The first-order valence-corrected chi connectivity index (χ1v) is 3.64. The maximum atomic E-state index is 10.8. The van der Waals surface area contributed by atoms with Gasteiger partial charge in [0.25, 0.3) is 0 Å². The Morgan fingerprint density at radius 2 is 2.40 bits per heavy atom. The maximum Gasteiger partial charge on any atom is 0.376 e. The minimum Gasteiger partial charge on any atom is -0.437 e. The van der Waals surface area contributed by atoms with Gasteiger partial charge in [-0.05, 0) is 19.8 Å². The van der Waals surface area contributed by atoms with Crippen LogP contribution in [0, 0.1) is 0 Å². The summed E-state index contributed by atoms with van der Waals surface area (Å²) in [5, 5.41) is 9.07. The summed E-state index contributed by atoms with van der Waals surface area (Å²) in [6.07, 6.45) is 1.58. The zero-order chi connectivity index (χ0) is 7.56. The zero-order valence-electron chi connectivity index (χ0n) is 6.21. The van der Waals surface area contributed by atoms with Gasteiger partial charge >= 0.3 is 7.05 Å². The van der Waals surface area contributed by atoms with Crippen LogP contribution in [0.3, 0.4) is 0 Å². The van der Waals surface area contributed by atoms with Crippen LogP contribution in [0.4, 0.5) is 0 Å². The molecule has 1 saturated heterocycles. The fraction of sp³-hybridized carbons (Fsp3) is 0.833. The quantitative estimate of drug-likeness (QED) is 0.512. The number of hydrogen-bond acceptors (Lipinski definition) is 3. The lowest BCUT2D eigenvalue weighted by Gasteiger charge is -2.25. The van der Waals surface area contributed by atoms with Crippen LogP contribution in [0.15, 0.2) is 0 Å². The monoisotopic (exact) mass is 141 g/mol. The standard InChI is InChI=1S/C6H12BNO2/c1-7(10)8-4-2-3-6(9)5-8/h10H,2-5H2,1H3. The molecule has 56 valence electrons. The Labute approximate surface area is 61.2 Å². The van der Waals surface area contributed by atoms with Gasteiger partial charge in [0.1, 0.15) is 5.78 Å². The molecule has 1 N–H and O–H groups in total. The normalized spacial score (nSPS) is 21.2. The van der Waals surface area contributed by atoms with Gasteiger partial charge in [0, 0.05) is 13.0 Å². The highest BCUT2D eigenvalue weighted by molar-refractivity contribution is 6.45. The van der Waals surface area contributed by atoms with Gasteiger partial charge < -0.3 is 9.83 Å². The summed E-state index contributed by atoms with van der Waals surface area (Å²) in [5.74, 6) is 0.243. The molecule has 0 aromatic rings. The van der Waals surface area contributed by atoms with E-state index in [1.54, 1.807) is 11.6 Å². The smallest absolute Gasteiger partial charge is 0.376 e. The molecule has 0 aromatic carbocycles. The SMILES string of the molecule is CB(O)N1CCCC(=O)C1. The highest BCUT2D eigenvalue weighted by Crippen LogP contribution is 2.05. The molecule has 0 saturated carbocycles. The third-order valence-electron chi connectivity index (χ3n) is 1.81. The van der Waals surface area contributed by atoms with Gasteiger partial charge in [-0.1, -0.05) is 0 Å². The molecule has 10 heavy (non-hydrogen) atoms.